The third-order valence-electron chi connectivity index (χ3n) is 9.94. The molecule has 6 heteroatoms. The van der Waals surface area contributed by atoms with Gasteiger partial charge in [-0.05, 0) is 97.2 Å². The number of carbonyl (C=O) groups excluding carboxylic acids is 3. The number of benzene rings is 3. The van der Waals surface area contributed by atoms with Gasteiger partial charge in [0.2, 0.25) is 11.8 Å². The fraction of sp³-hybridized carbons (Fsp3) is 0.441. The van der Waals surface area contributed by atoms with Gasteiger partial charge < -0.3 is 4.90 Å². The Morgan fingerprint density at radius 1 is 0.925 bits per heavy atom. The van der Waals surface area contributed by atoms with E-state index in [1.165, 1.54) is 68.4 Å². The van der Waals surface area contributed by atoms with E-state index in [0.29, 0.717) is 23.3 Å². The maximum atomic E-state index is 13.4. The molecule has 1 aliphatic carbocycles. The van der Waals surface area contributed by atoms with Crippen LogP contribution in [0, 0.1) is 5.41 Å². The van der Waals surface area contributed by atoms with Crippen molar-refractivity contribution < 1.29 is 14.4 Å². The summed E-state index contributed by atoms with van der Waals surface area (Å²) in [6.45, 7) is 6.13. The van der Waals surface area contributed by atoms with E-state index < -0.39 is 11.9 Å². The molecule has 3 aliphatic heterocycles. The molecule has 3 heterocycles. The van der Waals surface area contributed by atoms with Gasteiger partial charge in [-0.25, -0.2) is 0 Å². The molecule has 3 aromatic rings. The van der Waals surface area contributed by atoms with Crippen molar-refractivity contribution in [1.82, 2.24) is 10.2 Å². The molecule has 2 saturated heterocycles. The summed E-state index contributed by atoms with van der Waals surface area (Å²) in [7, 11) is 0. The summed E-state index contributed by atoms with van der Waals surface area (Å²) in [4.78, 5) is 42.0. The van der Waals surface area contributed by atoms with Crippen LogP contribution >= 0.6 is 0 Å². The second kappa shape index (κ2) is 9.84. The predicted molar refractivity (Wildman–Crippen MR) is 157 cm³/mol. The molecule has 3 amide bonds. The van der Waals surface area contributed by atoms with Crippen molar-refractivity contribution in [2.75, 3.05) is 24.5 Å². The number of anilines is 1. The monoisotopic (exact) mass is 535 g/mol. The van der Waals surface area contributed by atoms with E-state index in [2.05, 4.69) is 53.5 Å². The van der Waals surface area contributed by atoms with E-state index in [4.69, 9.17) is 0 Å². The third kappa shape index (κ3) is 4.43. The average molecular weight is 536 g/mol. The van der Waals surface area contributed by atoms with Crippen molar-refractivity contribution >= 4 is 34.2 Å². The molecule has 3 aromatic carbocycles. The van der Waals surface area contributed by atoms with E-state index in [1.54, 1.807) is 4.90 Å². The Kier molecular flexibility index (Phi) is 6.26. The van der Waals surface area contributed by atoms with Crippen LogP contribution in [0.2, 0.25) is 0 Å². The van der Waals surface area contributed by atoms with Crippen LogP contribution < -0.4 is 10.2 Å². The fourth-order valence-electron chi connectivity index (χ4n) is 7.49. The average Bonchev–Trinajstić information content (AvgIpc) is 3.23. The Morgan fingerprint density at radius 3 is 2.40 bits per heavy atom. The highest BCUT2D eigenvalue weighted by Gasteiger charge is 2.41. The van der Waals surface area contributed by atoms with Gasteiger partial charge in [-0.2, -0.15) is 0 Å². The minimum Gasteiger partial charge on any atom is -0.303 e. The molecule has 4 aliphatic rings. The van der Waals surface area contributed by atoms with Crippen LogP contribution in [0.1, 0.15) is 84.8 Å². The Hall–Kier alpha value is -3.51. The minimum absolute atomic E-state index is 0.163. The van der Waals surface area contributed by atoms with Crippen molar-refractivity contribution in [3.8, 4) is 0 Å². The number of amides is 3. The van der Waals surface area contributed by atoms with Gasteiger partial charge in [-0.1, -0.05) is 55.8 Å². The summed E-state index contributed by atoms with van der Waals surface area (Å²) in [6.07, 6.45) is 8.03. The molecule has 1 atom stereocenters. The van der Waals surface area contributed by atoms with E-state index in [-0.39, 0.29) is 18.2 Å². The van der Waals surface area contributed by atoms with Crippen LogP contribution in [-0.2, 0) is 16.0 Å². The largest absolute Gasteiger partial charge is 0.303 e. The summed E-state index contributed by atoms with van der Waals surface area (Å²) < 4.78 is 0. The molecule has 0 radical (unpaired) electrons. The van der Waals surface area contributed by atoms with Gasteiger partial charge in [0.25, 0.3) is 5.91 Å². The van der Waals surface area contributed by atoms with Crippen LogP contribution in [0.15, 0.2) is 54.6 Å². The van der Waals surface area contributed by atoms with Crippen molar-refractivity contribution in [2.45, 2.75) is 70.3 Å². The number of imide groups is 1. The van der Waals surface area contributed by atoms with E-state index in [1.807, 2.05) is 18.2 Å². The lowest BCUT2D eigenvalue weighted by Gasteiger charge is -2.44. The molecule has 0 bridgehead atoms. The van der Waals surface area contributed by atoms with Gasteiger partial charge in [0.1, 0.15) is 6.04 Å². The van der Waals surface area contributed by atoms with E-state index >= 15 is 0 Å². The number of rotatable bonds is 6. The highest BCUT2D eigenvalue weighted by atomic mass is 16.2. The lowest BCUT2D eigenvalue weighted by atomic mass is 9.70. The van der Waals surface area contributed by atoms with Gasteiger partial charge in [0.05, 0.1) is 5.69 Å². The summed E-state index contributed by atoms with van der Waals surface area (Å²) in [5.74, 6) is -0.196. The van der Waals surface area contributed by atoms with Crippen LogP contribution in [0.25, 0.3) is 10.8 Å². The van der Waals surface area contributed by atoms with Gasteiger partial charge in [0, 0.05) is 23.9 Å². The number of piperidine rings is 2. The predicted octanol–water partition coefficient (Wildman–Crippen LogP) is 5.57. The molecule has 1 saturated carbocycles. The Morgan fingerprint density at radius 2 is 1.70 bits per heavy atom. The van der Waals surface area contributed by atoms with E-state index in [0.717, 1.165) is 22.9 Å². The van der Waals surface area contributed by atoms with Crippen LogP contribution in [-0.4, -0.2) is 48.3 Å². The van der Waals surface area contributed by atoms with Crippen molar-refractivity contribution in [3.63, 3.8) is 0 Å². The summed E-state index contributed by atoms with van der Waals surface area (Å²) in [5, 5.41) is 4.36. The van der Waals surface area contributed by atoms with Crippen LogP contribution in [0.3, 0.4) is 0 Å². The lowest BCUT2D eigenvalue weighted by molar-refractivity contribution is -0.134. The Balaban J connectivity index is 1.07. The van der Waals surface area contributed by atoms with Gasteiger partial charge >= 0.3 is 0 Å². The highest BCUT2D eigenvalue weighted by molar-refractivity contribution is 6.27. The van der Waals surface area contributed by atoms with Crippen molar-refractivity contribution in [2.24, 2.45) is 5.41 Å². The zero-order valence-electron chi connectivity index (χ0n) is 23.2. The molecular weight excluding hydrogens is 498 g/mol. The number of hydrogen-bond donors (Lipinski definition) is 1. The fourth-order valence-corrected chi connectivity index (χ4v) is 7.49. The first-order chi connectivity index (χ1) is 19.4. The molecule has 1 N–H and O–H groups in total. The van der Waals surface area contributed by atoms with E-state index in [9.17, 15) is 14.4 Å². The molecule has 6 nitrogen and oxygen atoms in total. The number of carbonyl (C=O) groups is 3. The SMILES string of the molecule is CC1(CN2CCC(c3ccc(Cc4ccc5c6c(cccc46)C(=O)N5C4CCC(=O)NC4=O)cc3)CC2)CCC1. The van der Waals surface area contributed by atoms with Crippen LogP contribution in [0.5, 0.6) is 0 Å². The van der Waals surface area contributed by atoms with Gasteiger partial charge in [-0.15, -0.1) is 0 Å². The molecule has 0 aromatic heterocycles. The highest BCUT2D eigenvalue weighted by Crippen LogP contribution is 2.43. The lowest BCUT2D eigenvalue weighted by Crippen LogP contribution is -2.53. The summed E-state index contributed by atoms with van der Waals surface area (Å²) in [5.41, 5.74) is 5.83. The Bertz CT molecular complexity index is 1500. The zero-order valence-corrected chi connectivity index (χ0v) is 23.2. The first kappa shape index (κ1) is 25.5. The Labute approximate surface area is 235 Å². The van der Waals surface area contributed by atoms with Crippen molar-refractivity contribution in [1.29, 1.82) is 0 Å². The number of nitrogens with zero attached hydrogens (tertiary/aromatic N) is 2. The van der Waals surface area contributed by atoms with Crippen molar-refractivity contribution in [3.05, 3.63) is 76.9 Å². The maximum absolute atomic E-state index is 13.4. The summed E-state index contributed by atoms with van der Waals surface area (Å²) >= 11 is 0. The number of hydrogen-bond acceptors (Lipinski definition) is 4. The first-order valence-electron chi connectivity index (χ1n) is 14.9. The van der Waals surface area contributed by atoms with Crippen LogP contribution in [0.4, 0.5) is 5.69 Å². The molecule has 1 unspecified atom stereocenters. The molecule has 206 valence electrons. The summed E-state index contributed by atoms with van der Waals surface area (Å²) in [6, 6.07) is 18.4. The maximum Gasteiger partial charge on any atom is 0.259 e. The van der Waals surface area contributed by atoms with Gasteiger partial charge in [0.15, 0.2) is 0 Å². The van der Waals surface area contributed by atoms with Gasteiger partial charge in [-0.3, -0.25) is 24.6 Å². The smallest absolute Gasteiger partial charge is 0.259 e. The molecular formula is C34H37N3O3. The minimum atomic E-state index is -0.660. The quantitative estimate of drug-likeness (QED) is 0.419. The second-order valence-corrected chi connectivity index (χ2v) is 12.7. The normalized spacial score (nSPS) is 23.0. The topological polar surface area (TPSA) is 69.7 Å². The first-order valence-corrected chi connectivity index (χ1v) is 14.9. The molecule has 40 heavy (non-hydrogen) atoms. The number of likely N-dealkylation sites (tertiary alicyclic amines) is 1. The second-order valence-electron chi connectivity index (χ2n) is 12.7. The third-order valence-corrected chi connectivity index (χ3v) is 9.94. The molecule has 3 fully saturated rings. The standard InChI is InChI=1S/C34H37N3O3/c1-34(16-3-17-34)21-36-18-14-24(15-19-36)23-8-6-22(7-9-23)20-25-10-11-28-31-26(25)4-2-5-27(31)33(40)37(28)29-12-13-30(38)35-32(29)39/h2,4-11,24,29H,3,12-21H2,1H3,(H,35,38,39). The molecule has 0 spiro atoms. The molecule has 7 rings (SSSR count). The number of nitrogens with one attached hydrogen (secondary N) is 1. The zero-order chi connectivity index (χ0) is 27.4.